The summed E-state index contributed by atoms with van der Waals surface area (Å²) in [5, 5.41) is 7.56. The highest BCUT2D eigenvalue weighted by Crippen LogP contribution is 2.65. The summed E-state index contributed by atoms with van der Waals surface area (Å²) in [4.78, 5) is 2.54. The number of benzene rings is 11. The quantitative estimate of drug-likeness (QED) is 0.167. The molecule has 14 rings (SSSR count). The first kappa shape index (κ1) is 36.4. The highest BCUT2D eigenvalue weighted by Gasteiger charge is 2.52. The third-order valence-electron chi connectivity index (χ3n) is 14.2. The number of rotatable bonds is 5. The summed E-state index contributed by atoms with van der Waals surface area (Å²) in [6.45, 7) is 0. The van der Waals surface area contributed by atoms with Crippen LogP contribution in [-0.4, -0.2) is 0 Å². The van der Waals surface area contributed by atoms with Gasteiger partial charge in [-0.3, -0.25) is 0 Å². The van der Waals surface area contributed by atoms with E-state index in [-0.39, 0.29) is 0 Å². The first-order valence-corrected chi connectivity index (χ1v) is 23.3. The molecule has 0 radical (unpaired) electrons. The van der Waals surface area contributed by atoms with Gasteiger partial charge in [-0.2, -0.15) is 0 Å². The molecule has 2 aliphatic carbocycles. The number of nitrogens with zero attached hydrogens (tertiary/aromatic N) is 1. The van der Waals surface area contributed by atoms with Crippen LogP contribution in [0.1, 0.15) is 22.3 Å². The van der Waals surface area contributed by atoms with Crippen LogP contribution in [0.3, 0.4) is 0 Å². The summed E-state index contributed by atoms with van der Waals surface area (Å²) in [6, 6.07) is 88.4. The standard InChI is InChI=1S/C63H39NS/c1-2-14-42-37-44(28-27-40(42)13-1)47-32-31-45-38-43(29-30-46(45)39-47)41-33-35-48(36-34-41)64(58-24-12-26-60-62(58)52-18-6-10-25-59(52)65-60)57-23-11-22-56-61(57)51-17-5-9-21-55(51)63(56)53-19-7-3-15-49(53)50-16-4-8-20-54(50)63/h1-39H. The van der Waals surface area contributed by atoms with E-state index in [4.69, 9.17) is 0 Å². The Bertz CT molecular complexity index is 3860. The lowest BCUT2D eigenvalue weighted by atomic mass is 9.70. The topological polar surface area (TPSA) is 3.24 Å². The van der Waals surface area contributed by atoms with Crippen molar-refractivity contribution in [3.8, 4) is 44.5 Å². The Hall–Kier alpha value is -8.04. The molecule has 0 aliphatic heterocycles. The van der Waals surface area contributed by atoms with Gasteiger partial charge in [0, 0.05) is 31.4 Å². The van der Waals surface area contributed by atoms with Crippen molar-refractivity contribution in [2.24, 2.45) is 0 Å². The Morgan fingerprint density at radius 3 is 1.51 bits per heavy atom. The summed E-state index contributed by atoms with van der Waals surface area (Å²) in [6.07, 6.45) is 0. The van der Waals surface area contributed by atoms with Crippen LogP contribution in [0.2, 0.25) is 0 Å². The van der Waals surface area contributed by atoms with Gasteiger partial charge in [0.1, 0.15) is 0 Å². The molecular weight excluding hydrogens is 803 g/mol. The van der Waals surface area contributed by atoms with Crippen molar-refractivity contribution in [1.29, 1.82) is 0 Å². The van der Waals surface area contributed by atoms with Crippen molar-refractivity contribution in [2.45, 2.75) is 5.41 Å². The minimum Gasteiger partial charge on any atom is -0.309 e. The lowest BCUT2D eigenvalue weighted by Gasteiger charge is -2.32. The molecule has 1 nitrogen and oxygen atoms in total. The number of anilines is 3. The summed E-state index contributed by atoms with van der Waals surface area (Å²) < 4.78 is 2.58. The van der Waals surface area contributed by atoms with Gasteiger partial charge in [-0.15, -0.1) is 11.3 Å². The lowest BCUT2D eigenvalue weighted by molar-refractivity contribution is 0.794. The molecule has 2 aliphatic rings. The number of hydrogen-bond donors (Lipinski definition) is 0. The Morgan fingerprint density at radius 2 is 0.800 bits per heavy atom. The van der Waals surface area contributed by atoms with Gasteiger partial charge < -0.3 is 4.90 Å². The van der Waals surface area contributed by atoms with Gasteiger partial charge in [0.15, 0.2) is 0 Å². The molecule has 1 heterocycles. The highest BCUT2D eigenvalue weighted by molar-refractivity contribution is 7.26. The molecule has 12 aromatic rings. The van der Waals surface area contributed by atoms with E-state index >= 15 is 0 Å². The van der Waals surface area contributed by atoms with Gasteiger partial charge in [0.05, 0.1) is 16.8 Å². The van der Waals surface area contributed by atoms with Crippen molar-refractivity contribution in [1.82, 2.24) is 0 Å². The second kappa shape index (κ2) is 14.0. The van der Waals surface area contributed by atoms with Crippen LogP contribution >= 0.6 is 11.3 Å². The van der Waals surface area contributed by atoms with Crippen molar-refractivity contribution in [3.63, 3.8) is 0 Å². The third-order valence-corrected chi connectivity index (χ3v) is 15.4. The second-order valence-electron chi connectivity index (χ2n) is 17.6. The first-order valence-electron chi connectivity index (χ1n) is 22.5. The van der Waals surface area contributed by atoms with Crippen LogP contribution in [-0.2, 0) is 5.41 Å². The fraction of sp³-hybridized carbons (Fsp3) is 0.0159. The molecule has 0 fully saturated rings. The number of fused-ring (bicyclic) bond motifs is 15. The highest BCUT2D eigenvalue weighted by atomic mass is 32.1. The summed E-state index contributed by atoms with van der Waals surface area (Å²) in [7, 11) is 0. The maximum Gasteiger partial charge on any atom is 0.0726 e. The molecule has 0 N–H and O–H groups in total. The average Bonchev–Trinajstić information content (AvgIpc) is 4.01. The van der Waals surface area contributed by atoms with Gasteiger partial charge in [-0.05, 0) is 137 Å². The van der Waals surface area contributed by atoms with Crippen LogP contribution in [0.5, 0.6) is 0 Å². The molecular formula is C63H39NS. The molecule has 11 aromatic carbocycles. The zero-order valence-corrected chi connectivity index (χ0v) is 36.2. The van der Waals surface area contributed by atoms with Crippen molar-refractivity contribution in [2.75, 3.05) is 4.90 Å². The van der Waals surface area contributed by atoms with Gasteiger partial charge in [-0.25, -0.2) is 0 Å². The Morgan fingerprint density at radius 1 is 0.323 bits per heavy atom. The summed E-state index contributed by atoms with van der Waals surface area (Å²) in [5.74, 6) is 0. The minimum atomic E-state index is -0.432. The van der Waals surface area contributed by atoms with E-state index in [0.717, 1.165) is 5.69 Å². The summed E-state index contributed by atoms with van der Waals surface area (Å²) in [5.41, 5.74) is 18.5. The predicted octanol–water partition coefficient (Wildman–Crippen LogP) is 17.5. The van der Waals surface area contributed by atoms with Crippen LogP contribution in [0.25, 0.3) is 86.2 Å². The van der Waals surface area contributed by atoms with E-state index in [0.29, 0.717) is 0 Å². The average molecular weight is 842 g/mol. The molecule has 302 valence electrons. The Labute approximate surface area is 381 Å². The second-order valence-corrected chi connectivity index (χ2v) is 18.6. The van der Waals surface area contributed by atoms with Crippen LogP contribution in [0.4, 0.5) is 17.1 Å². The third kappa shape index (κ3) is 5.26. The van der Waals surface area contributed by atoms with Crippen molar-refractivity contribution < 1.29 is 0 Å². The van der Waals surface area contributed by atoms with Gasteiger partial charge in [-0.1, -0.05) is 182 Å². The van der Waals surface area contributed by atoms with E-state index in [1.807, 2.05) is 11.3 Å². The summed E-state index contributed by atoms with van der Waals surface area (Å²) >= 11 is 1.87. The van der Waals surface area contributed by atoms with E-state index < -0.39 is 5.41 Å². The van der Waals surface area contributed by atoms with E-state index in [9.17, 15) is 0 Å². The molecule has 0 unspecified atom stereocenters. The van der Waals surface area contributed by atoms with Gasteiger partial charge in [0.2, 0.25) is 0 Å². The first-order chi connectivity index (χ1) is 32.2. The zero-order chi connectivity index (χ0) is 42.6. The predicted molar refractivity (Wildman–Crippen MR) is 276 cm³/mol. The van der Waals surface area contributed by atoms with Crippen molar-refractivity contribution >= 4 is 70.1 Å². The van der Waals surface area contributed by atoms with E-state index in [2.05, 4.69) is 241 Å². The molecule has 1 aromatic heterocycles. The van der Waals surface area contributed by atoms with Crippen molar-refractivity contribution in [3.05, 3.63) is 259 Å². The number of hydrogen-bond acceptors (Lipinski definition) is 2. The fourth-order valence-corrected chi connectivity index (χ4v) is 12.6. The largest absolute Gasteiger partial charge is 0.309 e. The molecule has 1 spiro atoms. The molecule has 0 saturated heterocycles. The molecule has 0 saturated carbocycles. The molecule has 65 heavy (non-hydrogen) atoms. The SMILES string of the molecule is c1ccc2c(c1)-c1ccccc1C21c2ccccc2-c2c(N(c3ccc(-c4ccc5cc(-c6ccc7ccccc7c6)ccc5c4)cc3)c3cccc4sc5ccccc5c34)cccc21. The van der Waals surface area contributed by atoms with Crippen LogP contribution in [0, 0.1) is 0 Å². The smallest absolute Gasteiger partial charge is 0.0726 e. The lowest BCUT2D eigenvalue weighted by Crippen LogP contribution is -2.26. The molecule has 0 amide bonds. The van der Waals surface area contributed by atoms with Crippen LogP contribution in [0.15, 0.2) is 237 Å². The van der Waals surface area contributed by atoms with Gasteiger partial charge >= 0.3 is 0 Å². The molecule has 0 bridgehead atoms. The van der Waals surface area contributed by atoms with Gasteiger partial charge in [0.25, 0.3) is 0 Å². The number of thiophene rings is 1. The Kier molecular flexibility index (Phi) is 7.84. The molecule has 2 heteroatoms. The van der Waals surface area contributed by atoms with E-state index in [1.54, 1.807) is 0 Å². The van der Waals surface area contributed by atoms with E-state index in [1.165, 1.54) is 120 Å². The maximum atomic E-state index is 2.54. The molecule has 0 atom stereocenters. The van der Waals surface area contributed by atoms with Crippen LogP contribution < -0.4 is 4.90 Å². The Balaban J connectivity index is 0.941. The normalized spacial score (nSPS) is 13.0. The monoisotopic (exact) mass is 841 g/mol. The minimum absolute atomic E-state index is 0.432. The zero-order valence-electron chi connectivity index (χ0n) is 35.4. The maximum absolute atomic E-state index is 2.54. The fourth-order valence-electron chi connectivity index (χ4n) is 11.4.